The van der Waals surface area contributed by atoms with Crippen molar-refractivity contribution in [1.82, 2.24) is 9.55 Å². The van der Waals surface area contributed by atoms with Gasteiger partial charge >= 0.3 is 6.18 Å². The number of hydrogen-bond donors (Lipinski definition) is 1. The Bertz CT molecular complexity index is 1430. The van der Waals surface area contributed by atoms with Gasteiger partial charge in [0.1, 0.15) is 10.9 Å². The molecule has 10 heteroatoms. The summed E-state index contributed by atoms with van der Waals surface area (Å²) < 4.78 is 41.2. The van der Waals surface area contributed by atoms with Crippen LogP contribution in [0.1, 0.15) is 29.8 Å². The summed E-state index contributed by atoms with van der Waals surface area (Å²) in [7, 11) is 0. The number of nitrogens with zero attached hydrogens (tertiary/aromatic N) is 2. The third-order valence-electron chi connectivity index (χ3n) is 5.43. The van der Waals surface area contributed by atoms with Gasteiger partial charge in [-0.15, -0.1) is 11.3 Å². The SMILES string of the molecule is CCC(C(=O)Nc1cccc(C(F)(F)F)c1)n1cnc2sc(C)c(-c3ccc(Br)cc3)c2c1=O. The van der Waals surface area contributed by atoms with E-state index in [-0.39, 0.29) is 17.7 Å². The van der Waals surface area contributed by atoms with Crippen LogP contribution in [0.4, 0.5) is 18.9 Å². The maximum Gasteiger partial charge on any atom is 0.416 e. The van der Waals surface area contributed by atoms with Crippen molar-refractivity contribution >= 4 is 49.1 Å². The van der Waals surface area contributed by atoms with Crippen LogP contribution in [0.15, 0.2) is 64.1 Å². The van der Waals surface area contributed by atoms with Gasteiger partial charge in [0.15, 0.2) is 0 Å². The molecule has 0 spiro atoms. The quantitative estimate of drug-likeness (QED) is 0.297. The number of aromatic nitrogens is 2. The van der Waals surface area contributed by atoms with Crippen LogP contribution in [-0.2, 0) is 11.0 Å². The van der Waals surface area contributed by atoms with Crippen molar-refractivity contribution in [2.45, 2.75) is 32.5 Å². The molecule has 0 aliphatic heterocycles. The molecule has 4 rings (SSSR count). The maximum absolute atomic E-state index is 13.5. The van der Waals surface area contributed by atoms with E-state index in [1.807, 2.05) is 31.2 Å². The Morgan fingerprint density at radius 1 is 1.21 bits per heavy atom. The van der Waals surface area contributed by atoms with E-state index < -0.39 is 23.7 Å². The zero-order valence-electron chi connectivity index (χ0n) is 18.1. The number of carbonyl (C=O) groups excluding carboxylic acids is 1. The van der Waals surface area contributed by atoms with E-state index in [0.717, 1.165) is 32.6 Å². The van der Waals surface area contributed by atoms with E-state index >= 15 is 0 Å². The lowest BCUT2D eigenvalue weighted by molar-refractivity contribution is -0.137. The Balaban J connectivity index is 1.74. The van der Waals surface area contributed by atoms with E-state index in [4.69, 9.17) is 0 Å². The number of rotatable bonds is 5. The van der Waals surface area contributed by atoms with Gasteiger partial charge in [0.25, 0.3) is 5.56 Å². The third kappa shape index (κ3) is 4.65. The lowest BCUT2D eigenvalue weighted by Crippen LogP contribution is -2.33. The molecule has 4 aromatic rings. The molecule has 2 heterocycles. The molecule has 1 unspecified atom stereocenters. The molecule has 0 saturated carbocycles. The van der Waals surface area contributed by atoms with Gasteiger partial charge in [0.2, 0.25) is 5.91 Å². The van der Waals surface area contributed by atoms with Crippen LogP contribution in [0.25, 0.3) is 21.3 Å². The number of carbonyl (C=O) groups is 1. The zero-order chi connectivity index (χ0) is 24.6. The van der Waals surface area contributed by atoms with Gasteiger partial charge in [0.05, 0.1) is 17.3 Å². The highest BCUT2D eigenvalue weighted by Gasteiger charge is 2.31. The molecule has 0 bridgehead atoms. The highest BCUT2D eigenvalue weighted by atomic mass is 79.9. The summed E-state index contributed by atoms with van der Waals surface area (Å²) in [6, 6.07) is 11.0. The minimum absolute atomic E-state index is 0.00212. The molecule has 0 aliphatic rings. The molecule has 2 aromatic heterocycles. The number of fused-ring (bicyclic) bond motifs is 1. The number of nitrogens with one attached hydrogen (secondary N) is 1. The first-order valence-electron chi connectivity index (χ1n) is 10.3. The lowest BCUT2D eigenvalue weighted by atomic mass is 10.0. The Hall–Kier alpha value is -2.98. The average molecular weight is 550 g/mol. The van der Waals surface area contributed by atoms with Crippen molar-refractivity contribution in [2.75, 3.05) is 5.32 Å². The summed E-state index contributed by atoms with van der Waals surface area (Å²) in [6.07, 6.45) is -2.96. The number of amides is 1. The Morgan fingerprint density at radius 2 is 1.91 bits per heavy atom. The van der Waals surface area contributed by atoms with Gasteiger partial charge < -0.3 is 5.32 Å². The first kappa shape index (κ1) is 24.2. The highest BCUT2D eigenvalue weighted by Crippen LogP contribution is 2.36. The van der Waals surface area contributed by atoms with Crippen molar-refractivity contribution in [2.24, 2.45) is 0 Å². The minimum atomic E-state index is -4.53. The van der Waals surface area contributed by atoms with Crippen molar-refractivity contribution in [3.63, 3.8) is 0 Å². The van der Waals surface area contributed by atoms with Crippen LogP contribution >= 0.6 is 27.3 Å². The Labute approximate surface area is 205 Å². The molecule has 0 saturated heterocycles. The molecule has 5 nitrogen and oxygen atoms in total. The zero-order valence-corrected chi connectivity index (χ0v) is 20.5. The van der Waals surface area contributed by atoms with Crippen LogP contribution in [0.5, 0.6) is 0 Å². The van der Waals surface area contributed by atoms with Crippen LogP contribution in [-0.4, -0.2) is 15.5 Å². The molecule has 0 radical (unpaired) electrons. The van der Waals surface area contributed by atoms with Crippen molar-refractivity contribution in [3.05, 3.63) is 80.1 Å². The largest absolute Gasteiger partial charge is 0.416 e. The van der Waals surface area contributed by atoms with Crippen LogP contribution in [0, 0.1) is 6.92 Å². The summed E-state index contributed by atoms with van der Waals surface area (Å²) in [5.41, 5.74) is 0.365. The minimum Gasteiger partial charge on any atom is -0.324 e. The molecular formula is C24H19BrF3N3O2S. The summed E-state index contributed by atoms with van der Waals surface area (Å²) in [4.78, 5) is 32.4. The number of hydrogen-bond acceptors (Lipinski definition) is 4. The van der Waals surface area contributed by atoms with Crippen LogP contribution < -0.4 is 10.9 Å². The molecule has 1 amide bonds. The molecule has 0 aliphatic carbocycles. The predicted octanol–water partition coefficient (Wildman–Crippen LogP) is 6.80. The number of benzene rings is 2. The first-order valence-corrected chi connectivity index (χ1v) is 12.0. The van der Waals surface area contributed by atoms with Crippen LogP contribution in [0.2, 0.25) is 0 Å². The average Bonchev–Trinajstić information content (AvgIpc) is 3.12. The van der Waals surface area contributed by atoms with Crippen molar-refractivity contribution < 1.29 is 18.0 Å². The number of anilines is 1. The van der Waals surface area contributed by atoms with Crippen LogP contribution in [0.3, 0.4) is 0 Å². The maximum atomic E-state index is 13.5. The Morgan fingerprint density at radius 3 is 2.56 bits per heavy atom. The fourth-order valence-corrected chi connectivity index (χ4v) is 5.08. The normalized spacial score (nSPS) is 12.6. The van der Waals surface area contributed by atoms with Crippen molar-refractivity contribution in [1.29, 1.82) is 0 Å². The molecule has 0 fully saturated rings. The predicted molar refractivity (Wildman–Crippen MR) is 131 cm³/mol. The topological polar surface area (TPSA) is 64.0 Å². The second-order valence-electron chi connectivity index (χ2n) is 7.67. The smallest absolute Gasteiger partial charge is 0.324 e. The van der Waals surface area contributed by atoms with E-state index in [9.17, 15) is 22.8 Å². The lowest BCUT2D eigenvalue weighted by Gasteiger charge is -2.18. The fourth-order valence-electron chi connectivity index (χ4n) is 3.81. The standard InChI is InChI=1S/C24H19BrF3N3O2S/c1-3-18(21(32)30-17-6-4-5-15(11-17)24(26,27)28)31-12-29-22-20(23(31)33)19(13(2)34-22)14-7-9-16(25)10-8-14/h4-12,18H,3H2,1-2H3,(H,30,32). The fraction of sp³-hybridized carbons (Fsp3) is 0.208. The second-order valence-corrected chi connectivity index (χ2v) is 9.79. The summed E-state index contributed by atoms with van der Waals surface area (Å²) >= 11 is 4.80. The molecule has 34 heavy (non-hydrogen) atoms. The van der Waals surface area contributed by atoms with E-state index in [0.29, 0.717) is 10.2 Å². The van der Waals surface area contributed by atoms with E-state index in [2.05, 4.69) is 26.2 Å². The van der Waals surface area contributed by atoms with Gasteiger partial charge in [0, 0.05) is 20.6 Å². The third-order valence-corrected chi connectivity index (χ3v) is 6.97. The van der Waals surface area contributed by atoms with E-state index in [1.54, 1.807) is 6.92 Å². The van der Waals surface area contributed by atoms with Crippen molar-refractivity contribution in [3.8, 4) is 11.1 Å². The summed E-state index contributed by atoms with van der Waals surface area (Å²) in [5, 5.41) is 2.92. The van der Waals surface area contributed by atoms with E-state index in [1.165, 1.54) is 34.4 Å². The Kier molecular flexibility index (Phi) is 6.64. The number of aryl methyl sites for hydroxylation is 1. The molecule has 1 atom stereocenters. The van der Waals surface area contributed by atoms with Gasteiger partial charge in [-0.3, -0.25) is 14.2 Å². The van der Waals surface area contributed by atoms with Gasteiger partial charge in [-0.05, 0) is 49.2 Å². The molecule has 2 aromatic carbocycles. The number of thiophene rings is 1. The molecule has 1 N–H and O–H groups in total. The first-order chi connectivity index (χ1) is 16.1. The van der Waals surface area contributed by atoms with Gasteiger partial charge in [-0.1, -0.05) is 41.1 Å². The summed E-state index contributed by atoms with van der Waals surface area (Å²) in [6.45, 7) is 3.63. The van der Waals surface area contributed by atoms with Gasteiger partial charge in [-0.2, -0.15) is 13.2 Å². The summed E-state index contributed by atoms with van der Waals surface area (Å²) in [5.74, 6) is -0.595. The van der Waals surface area contributed by atoms with Gasteiger partial charge in [-0.25, -0.2) is 4.98 Å². The monoisotopic (exact) mass is 549 g/mol. The number of halogens is 4. The second kappa shape index (κ2) is 9.34. The molecular weight excluding hydrogens is 531 g/mol. The number of alkyl halides is 3. The highest BCUT2D eigenvalue weighted by molar-refractivity contribution is 9.10. The molecule has 176 valence electrons.